The average Bonchev–Trinajstić information content (AvgIpc) is 3.50. The van der Waals surface area contributed by atoms with Gasteiger partial charge in [0, 0.05) is 42.4 Å². The number of nitrogens with one attached hydrogen (secondary N) is 3. The molecule has 1 aromatic rings. The molecule has 8 nitrogen and oxygen atoms in total. The molecule has 53 heavy (non-hydrogen) atoms. The summed E-state index contributed by atoms with van der Waals surface area (Å²) < 4.78 is 0. The molecule has 3 aliphatic heterocycles. The highest BCUT2D eigenvalue weighted by molar-refractivity contribution is 5.74. The number of allylic oxidation sites excluding steroid dienone is 9. The van der Waals surface area contributed by atoms with E-state index in [9.17, 15) is 25.2 Å². The van der Waals surface area contributed by atoms with E-state index >= 15 is 0 Å². The van der Waals surface area contributed by atoms with E-state index in [1.807, 2.05) is 32.2 Å². The van der Waals surface area contributed by atoms with Crippen LogP contribution in [0.15, 0.2) is 95.2 Å². The highest BCUT2D eigenvalue weighted by atomic mass is 16.3. The molecule has 6 bridgehead atoms. The molecule has 1 spiro atoms. The van der Waals surface area contributed by atoms with Crippen molar-refractivity contribution < 1.29 is 25.2 Å². The molecule has 7 N–H and O–H groups in total. The molecule has 7 rings (SSSR count). The molecule has 3 heterocycles. The summed E-state index contributed by atoms with van der Waals surface area (Å²) in [5.74, 6) is -0.334. The van der Waals surface area contributed by atoms with Gasteiger partial charge in [0.2, 0.25) is 0 Å². The second kappa shape index (κ2) is 16.8. The predicted octanol–water partition coefficient (Wildman–Crippen LogP) is 5.04. The molecule has 11 atom stereocenters. The van der Waals surface area contributed by atoms with Gasteiger partial charge in [-0.1, -0.05) is 78.4 Å². The minimum atomic E-state index is -1.21. The normalized spacial score (nSPS) is 38.1. The van der Waals surface area contributed by atoms with Gasteiger partial charge in [0.15, 0.2) is 0 Å². The minimum absolute atomic E-state index is 0.0273. The molecular formula is C45H63N3O5. The maximum Gasteiger partial charge on any atom is 0.145 e. The van der Waals surface area contributed by atoms with Gasteiger partial charge in [0.05, 0.1) is 24.5 Å². The highest BCUT2D eigenvalue weighted by Crippen LogP contribution is 2.67. The van der Waals surface area contributed by atoms with Crippen LogP contribution in [0.5, 0.6) is 0 Å². The minimum Gasteiger partial charge on any atom is -0.396 e. The monoisotopic (exact) mass is 725 g/mol. The van der Waals surface area contributed by atoms with Gasteiger partial charge < -0.3 is 25.7 Å². The zero-order valence-electron chi connectivity index (χ0n) is 32.2. The Morgan fingerprint density at radius 3 is 2.74 bits per heavy atom. The molecule has 1 saturated heterocycles. The van der Waals surface area contributed by atoms with Crippen molar-refractivity contribution in [3.63, 3.8) is 0 Å². The number of benzene rings is 1. The van der Waals surface area contributed by atoms with Crippen LogP contribution in [0.4, 0.5) is 0 Å². The maximum atomic E-state index is 12.8. The Labute approximate surface area is 316 Å². The van der Waals surface area contributed by atoms with Crippen molar-refractivity contribution in [2.24, 2.45) is 35.0 Å². The molecule has 288 valence electrons. The first-order valence-electron chi connectivity index (χ1n) is 19.9. The lowest BCUT2D eigenvalue weighted by Crippen LogP contribution is -2.65. The Morgan fingerprint density at radius 2 is 2.02 bits per heavy atom. The lowest BCUT2D eigenvalue weighted by atomic mass is 9.45. The second-order valence-electron chi connectivity index (χ2n) is 16.7. The summed E-state index contributed by atoms with van der Waals surface area (Å²) in [7, 11) is 1.87. The number of rotatable bonds is 11. The topological polar surface area (TPSA) is 134 Å². The standard InChI is InChI=1S/C45H63N3O5/c1-28(34-13-12-29(2)43-47-25-39(31(4)48-43)35-10-7-9-32(22-34)23-35)8-6-11-37(27-51)38-16-18-45(42(38)52)41-33(17-21-49)14-15-36(40(41)30(3)26-50)24-44(45,53)19-20-46-5/h6-12,14-15,23,26,31,33-34,36,38-39,41-43,46-49,51-53H,1,13,16-22,24-25,27H2,2-5H3. The van der Waals surface area contributed by atoms with E-state index in [4.69, 9.17) is 0 Å². The predicted molar refractivity (Wildman–Crippen MR) is 212 cm³/mol. The first-order valence-corrected chi connectivity index (χ1v) is 19.9. The molecular weight excluding hydrogens is 663 g/mol. The van der Waals surface area contributed by atoms with Crippen molar-refractivity contribution in [2.75, 3.05) is 33.4 Å². The maximum absolute atomic E-state index is 12.8. The molecule has 2 saturated carbocycles. The Morgan fingerprint density at radius 1 is 1.21 bits per heavy atom. The number of hydrogen-bond donors (Lipinski definition) is 7. The number of aliphatic hydroxyl groups is 4. The molecule has 0 amide bonds. The van der Waals surface area contributed by atoms with Crippen LogP contribution in [0.25, 0.3) is 0 Å². The van der Waals surface area contributed by atoms with Crippen molar-refractivity contribution in [1.29, 1.82) is 0 Å². The number of hydrogen-bond acceptors (Lipinski definition) is 8. The average molecular weight is 726 g/mol. The fourth-order valence-electron chi connectivity index (χ4n) is 10.9. The molecule has 11 unspecified atom stereocenters. The van der Waals surface area contributed by atoms with Gasteiger partial charge in [-0.3, -0.25) is 15.4 Å². The van der Waals surface area contributed by atoms with E-state index in [0.29, 0.717) is 56.2 Å². The van der Waals surface area contributed by atoms with E-state index in [-0.39, 0.29) is 49.0 Å². The smallest absolute Gasteiger partial charge is 0.145 e. The number of carbonyl (C=O) groups excluding carboxylic acids is 1. The summed E-state index contributed by atoms with van der Waals surface area (Å²) in [5.41, 5.74) is 5.13. The molecule has 1 aromatic carbocycles. The zero-order chi connectivity index (χ0) is 37.9. The van der Waals surface area contributed by atoms with Crippen LogP contribution in [0.3, 0.4) is 0 Å². The molecule has 3 aliphatic carbocycles. The number of aliphatic hydroxyl groups excluding tert-OH is 3. The summed E-state index contributed by atoms with van der Waals surface area (Å²) >= 11 is 0. The van der Waals surface area contributed by atoms with Crippen LogP contribution in [0, 0.1) is 35.0 Å². The Balaban J connectivity index is 1.29. The van der Waals surface area contributed by atoms with Gasteiger partial charge in [-0.2, -0.15) is 0 Å². The van der Waals surface area contributed by atoms with Crippen LogP contribution < -0.4 is 16.0 Å². The van der Waals surface area contributed by atoms with Gasteiger partial charge in [-0.05, 0) is 125 Å². The van der Waals surface area contributed by atoms with Gasteiger partial charge in [0.1, 0.15) is 6.29 Å². The quantitative estimate of drug-likeness (QED) is 0.0732. The van der Waals surface area contributed by atoms with E-state index in [1.165, 1.54) is 16.7 Å². The number of fused-ring (bicyclic) bond motifs is 8. The van der Waals surface area contributed by atoms with Gasteiger partial charge in [-0.25, -0.2) is 0 Å². The lowest BCUT2D eigenvalue weighted by Gasteiger charge is -2.61. The number of carbonyl (C=O) groups is 1. The van der Waals surface area contributed by atoms with E-state index in [2.05, 4.69) is 78.9 Å². The Bertz CT molecular complexity index is 1660. The third-order valence-electron chi connectivity index (χ3n) is 13.8. The highest BCUT2D eigenvalue weighted by Gasteiger charge is 2.68. The molecule has 0 radical (unpaired) electrons. The fourth-order valence-corrected chi connectivity index (χ4v) is 10.9. The Kier molecular flexibility index (Phi) is 12.6. The summed E-state index contributed by atoms with van der Waals surface area (Å²) in [6.07, 6.45) is 16.8. The second-order valence-corrected chi connectivity index (χ2v) is 16.7. The van der Waals surface area contributed by atoms with Crippen molar-refractivity contribution in [2.45, 2.75) is 95.5 Å². The molecule has 6 aliphatic rings. The molecule has 8 heteroatoms. The molecule has 3 fully saturated rings. The largest absolute Gasteiger partial charge is 0.396 e. The summed E-state index contributed by atoms with van der Waals surface area (Å²) in [6, 6.07) is 9.34. The van der Waals surface area contributed by atoms with Crippen LogP contribution in [0.2, 0.25) is 0 Å². The van der Waals surface area contributed by atoms with E-state index in [1.54, 1.807) is 0 Å². The first-order chi connectivity index (χ1) is 25.5. The molecule has 0 aromatic heterocycles. The van der Waals surface area contributed by atoms with Crippen molar-refractivity contribution >= 4 is 6.29 Å². The third-order valence-corrected chi connectivity index (χ3v) is 13.8. The Hall–Kier alpha value is -2.95. The first kappa shape index (κ1) is 39.7. The lowest BCUT2D eigenvalue weighted by molar-refractivity contribution is -0.194. The third kappa shape index (κ3) is 7.53. The SMILES string of the molecule is C=C(C=CC=C(CO)C1CCC2(C1O)C1C(=C(C)C=O)C(C=CC1CCO)CC2(O)CCNC)C1CC=C(C)C2NCC(c3cccc(c3)C1)C(C)N2. The van der Waals surface area contributed by atoms with Crippen LogP contribution in [-0.4, -0.2) is 84.0 Å². The summed E-state index contributed by atoms with van der Waals surface area (Å²) in [4.78, 5) is 12.3. The van der Waals surface area contributed by atoms with Crippen LogP contribution >= 0.6 is 0 Å². The van der Waals surface area contributed by atoms with E-state index in [0.717, 1.165) is 42.4 Å². The van der Waals surface area contributed by atoms with E-state index < -0.39 is 17.1 Å². The number of aldehydes is 1. The van der Waals surface area contributed by atoms with Crippen LogP contribution in [-0.2, 0) is 11.2 Å². The fraction of sp³-hybridized carbons (Fsp3) is 0.578. The summed E-state index contributed by atoms with van der Waals surface area (Å²) in [6.45, 7) is 12.1. The van der Waals surface area contributed by atoms with Gasteiger partial charge in [-0.15, -0.1) is 0 Å². The van der Waals surface area contributed by atoms with Crippen molar-refractivity contribution in [1.82, 2.24) is 16.0 Å². The van der Waals surface area contributed by atoms with Crippen molar-refractivity contribution in [3.8, 4) is 0 Å². The van der Waals surface area contributed by atoms with Crippen LogP contribution in [0.1, 0.15) is 76.3 Å². The summed E-state index contributed by atoms with van der Waals surface area (Å²) in [5, 5.41) is 56.9. The van der Waals surface area contributed by atoms with Crippen molar-refractivity contribution in [3.05, 3.63) is 106 Å². The van der Waals surface area contributed by atoms with Gasteiger partial charge >= 0.3 is 0 Å². The zero-order valence-corrected chi connectivity index (χ0v) is 32.2. The van der Waals surface area contributed by atoms with Gasteiger partial charge in [0.25, 0.3) is 0 Å².